The molecule has 1 aliphatic carbocycles. The van der Waals surface area contributed by atoms with Crippen LogP contribution in [0.25, 0.3) is 10.9 Å². The number of sulfonamides is 1. The molecule has 2 aromatic carbocycles. The summed E-state index contributed by atoms with van der Waals surface area (Å²) in [6.07, 6.45) is 10.6. The Labute approximate surface area is 238 Å². The predicted molar refractivity (Wildman–Crippen MR) is 158 cm³/mol. The maximum atomic E-state index is 12.6. The number of anilines is 2. The molecule has 0 radical (unpaired) electrons. The molecule has 1 saturated carbocycles. The van der Waals surface area contributed by atoms with Gasteiger partial charge in [-0.05, 0) is 80.3 Å². The van der Waals surface area contributed by atoms with E-state index in [1.807, 2.05) is 36.8 Å². The Hall–Kier alpha value is -3.02. The van der Waals surface area contributed by atoms with Crippen LogP contribution < -0.4 is 15.4 Å². The first-order valence-electron chi connectivity index (χ1n) is 13.4. The Morgan fingerprint density at radius 2 is 1.67 bits per heavy atom. The van der Waals surface area contributed by atoms with Gasteiger partial charge in [-0.3, -0.25) is 0 Å². The highest BCUT2D eigenvalue weighted by molar-refractivity contribution is 9.10. The summed E-state index contributed by atoms with van der Waals surface area (Å²) in [5.74, 6) is 2.33. The number of rotatable bonds is 12. The molecular formula is C28H34BrN7O2S. The molecule has 5 rings (SSSR count). The Kier molecular flexibility index (Phi) is 9.10. The maximum Gasteiger partial charge on any atom is 0.240 e. The highest BCUT2D eigenvalue weighted by Gasteiger charge is 2.23. The molecule has 2 aromatic heterocycles. The van der Waals surface area contributed by atoms with Crippen molar-refractivity contribution in [1.29, 1.82) is 0 Å². The number of aromatic nitrogens is 4. The van der Waals surface area contributed by atoms with Gasteiger partial charge in [-0.1, -0.05) is 28.1 Å². The van der Waals surface area contributed by atoms with Crippen LogP contribution in [0, 0.1) is 11.8 Å². The van der Waals surface area contributed by atoms with Gasteiger partial charge in [-0.2, -0.15) is 4.98 Å². The third-order valence-corrected chi connectivity index (χ3v) is 9.22. The fourth-order valence-corrected chi connectivity index (χ4v) is 6.36. The molecule has 3 N–H and O–H groups in total. The minimum absolute atomic E-state index is 0.297. The average molecular weight is 613 g/mol. The minimum atomic E-state index is -3.49. The van der Waals surface area contributed by atoms with E-state index in [-0.39, 0.29) is 0 Å². The molecule has 0 amide bonds. The van der Waals surface area contributed by atoms with Gasteiger partial charge in [0.05, 0.1) is 16.7 Å². The van der Waals surface area contributed by atoms with Crippen molar-refractivity contribution in [2.75, 3.05) is 30.3 Å². The van der Waals surface area contributed by atoms with Crippen LogP contribution in [-0.4, -0.2) is 47.6 Å². The van der Waals surface area contributed by atoms with E-state index in [0.29, 0.717) is 29.2 Å². The van der Waals surface area contributed by atoms with Crippen molar-refractivity contribution in [3.63, 3.8) is 0 Å². The van der Waals surface area contributed by atoms with E-state index >= 15 is 0 Å². The van der Waals surface area contributed by atoms with Gasteiger partial charge in [0.2, 0.25) is 16.0 Å². The number of nitrogens with zero attached hydrogens (tertiary/aromatic N) is 4. The summed E-state index contributed by atoms with van der Waals surface area (Å²) in [4.78, 5) is 13.9. The monoisotopic (exact) mass is 611 g/mol. The summed E-state index contributed by atoms with van der Waals surface area (Å²) in [7, 11) is -3.49. The first-order valence-corrected chi connectivity index (χ1v) is 15.7. The van der Waals surface area contributed by atoms with Gasteiger partial charge in [-0.25, -0.2) is 23.1 Å². The van der Waals surface area contributed by atoms with Crippen LogP contribution in [0.1, 0.15) is 32.1 Å². The predicted octanol–water partition coefficient (Wildman–Crippen LogP) is 5.29. The zero-order valence-electron chi connectivity index (χ0n) is 21.8. The van der Waals surface area contributed by atoms with E-state index in [2.05, 4.69) is 40.8 Å². The van der Waals surface area contributed by atoms with Crippen LogP contribution in [0.2, 0.25) is 0 Å². The second kappa shape index (κ2) is 12.9. The number of benzene rings is 2. The molecule has 9 nitrogen and oxygen atoms in total. The summed E-state index contributed by atoms with van der Waals surface area (Å²) < 4.78 is 30.9. The molecule has 2 heterocycles. The molecule has 206 valence electrons. The maximum absolute atomic E-state index is 12.6. The molecule has 0 aliphatic heterocycles. The highest BCUT2D eigenvalue weighted by atomic mass is 79.9. The molecule has 0 bridgehead atoms. The van der Waals surface area contributed by atoms with Crippen molar-refractivity contribution in [2.45, 2.75) is 43.5 Å². The smallest absolute Gasteiger partial charge is 0.240 e. The van der Waals surface area contributed by atoms with Gasteiger partial charge >= 0.3 is 0 Å². The standard InChI is InChI=1S/C28H34BrN7O2S/c29-23-10-12-24(13-11-23)39(37,38)33-19-22-8-6-21(7-9-22)18-32-28-34-26-5-2-1-4-25(26)27(35-28)31-14-3-16-36-17-15-30-20-36/h1-2,4-5,10-13,15,17,20-22,33H,3,6-9,14,16,18-19H2,(H2,31,32,34,35)/t21-,22-. The zero-order chi connectivity index (χ0) is 27.1. The van der Waals surface area contributed by atoms with Gasteiger partial charge in [-0.15, -0.1) is 0 Å². The Morgan fingerprint density at radius 3 is 2.41 bits per heavy atom. The van der Waals surface area contributed by atoms with Crippen molar-refractivity contribution >= 4 is 48.6 Å². The molecule has 4 aromatic rings. The van der Waals surface area contributed by atoms with Crippen molar-refractivity contribution in [3.05, 3.63) is 71.7 Å². The number of imidazole rings is 1. The Balaban J connectivity index is 1.10. The van der Waals surface area contributed by atoms with Gasteiger partial charge in [0.15, 0.2) is 0 Å². The van der Waals surface area contributed by atoms with Gasteiger partial charge in [0.25, 0.3) is 0 Å². The van der Waals surface area contributed by atoms with Gasteiger partial charge < -0.3 is 15.2 Å². The van der Waals surface area contributed by atoms with E-state index in [1.54, 1.807) is 30.5 Å². The summed E-state index contributed by atoms with van der Waals surface area (Å²) in [5.41, 5.74) is 0.911. The summed E-state index contributed by atoms with van der Waals surface area (Å²) in [6.45, 7) is 2.97. The molecule has 0 saturated heterocycles. The summed E-state index contributed by atoms with van der Waals surface area (Å²) in [5, 5.41) is 7.97. The number of hydrogen-bond donors (Lipinski definition) is 3. The van der Waals surface area contributed by atoms with Crippen molar-refractivity contribution in [1.82, 2.24) is 24.2 Å². The van der Waals surface area contributed by atoms with Crippen LogP contribution in [0.5, 0.6) is 0 Å². The minimum Gasteiger partial charge on any atom is -0.369 e. The number of aryl methyl sites for hydroxylation is 1. The highest BCUT2D eigenvalue weighted by Crippen LogP contribution is 2.29. The number of fused-ring (bicyclic) bond motifs is 1. The van der Waals surface area contributed by atoms with Crippen LogP contribution in [0.4, 0.5) is 11.8 Å². The lowest BCUT2D eigenvalue weighted by Gasteiger charge is -2.28. The second-order valence-corrected chi connectivity index (χ2v) is 12.7. The van der Waals surface area contributed by atoms with Crippen LogP contribution in [0.3, 0.4) is 0 Å². The fourth-order valence-electron chi connectivity index (χ4n) is 4.98. The van der Waals surface area contributed by atoms with E-state index in [9.17, 15) is 8.42 Å². The van der Waals surface area contributed by atoms with Crippen LogP contribution in [-0.2, 0) is 16.6 Å². The first-order chi connectivity index (χ1) is 19.0. The molecule has 39 heavy (non-hydrogen) atoms. The zero-order valence-corrected chi connectivity index (χ0v) is 24.2. The normalized spacial score (nSPS) is 17.8. The molecule has 0 atom stereocenters. The number of nitrogens with one attached hydrogen (secondary N) is 3. The molecule has 0 spiro atoms. The lowest BCUT2D eigenvalue weighted by atomic mass is 9.82. The van der Waals surface area contributed by atoms with E-state index in [1.165, 1.54) is 0 Å². The van der Waals surface area contributed by atoms with Crippen LogP contribution in [0.15, 0.2) is 76.6 Å². The Morgan fingerprint density at radius 1 is 0.923 bits per heavy atom. The molecule has 11 heteroatoms. The first kappa shape index (κ1) is 27.5. The van der Waals surface area contributed by atoms with Crippen molar-refractivity contribution in [2.24, 2.45) is 11.8 Å². The lowest BCUT2D eigenvalue weighted by Crippen LogP contribution is -2.32. The SMILES string of the molecule is O=S(=O)(NC[C@H]1CC[C@H](CNc2nc(NCCCn3ccnc3)c3ccccc3n2)CC1)c1ccc(Br)cc1. The van der Waals surface area contributed by atoms with Crippen LogP contribution >= 0.6 is 15.9 Å². The molecule has 0 unspecified atom stereocenters. The largest absolute Gasteiger partial charge is 0.369 e. The summed E-state index contributed by atoms with van der Waals surface area (Å²) in [6, 6.07) is 14.8. The molecule has 1 fully saturated rings. The topological polar surface area (TPSA) is 114 Å². The van der Waals surface area contributed by atoms with E-state index in [0.717, 1.165) is 72.9 Å². The molecule has 1 aliphatic rings. The second-order valence-electron chi connectivity index (χ2n) is 10.1. The van der Waals surface area contributed by atoms with Gasteiger partial charge in [0, 0.05) is 48.4 Å². The quantitative estimate of drug-likeness (QED) is 0.187. The van der Waals surface area contributed by atoms with Crippen molar-refractivity contribution in [3.8, 4) is 0 Å². The Bertz CT molecular complexity index is 1460. The average Bonchev–Trinajstić information content (AvgIpc) is 3.47. The number of para-hydroxylation sites is 1. The number of halogens is 1. The third-order valence-electron chi connectivity index (χ3n) is 7.25. The van der Waals surface area contributed by atoms with Gasteiger partial charge in [0.1, 0.15) is 5.82 Å². The third kappa shape index (κ3) is 7.55. The van der Waals surface area contributed by atoms with Crippen molar-refractivity contribution < 1.29 is 8.42 Å². The lowest BCUT2D eigenvalue weighted by molar-refractivity contribution is 0.284. The number of hydrogen-bond acceptors (Lipinski definition) is 7. The van der Waals surface area contributed by atoms with E-state index in [4.69, 9.17) is 9.97 Å². The fraction of sp³-hybridized carbons (Fsp3) is 0.393. The molecular weight excluding hydrogens is 578 g/mol. The summed E-state index contributed by atoms with van der Waals surface area (Å²) >= 11 is 3.35. The van der Waals surface area contributed by atoms with E-state index < -0.39 is 10.0 Å².